The van der Waals surface area contributed by atoms with Gasteiger partial charge in [0.15, 0.2) is 0 Å². The predicted octanol–water partition coefficient (Wildman–Crippen LogP) is 1.81. The number of benzene rings is 1. The number of aromatic nitrogens is 2. The second-order valence-corrected chi connectivity index (χ2v) is 4.78. The van der Waals surface area contributed by atoms with E-state index in [0.717, 1.165) is 23.6 Å². The molecule has 1 aliphatic rings. The number of para-hydroxylation sites is 2. The number of anilines is 2. The molecule has 0 spiro atoms. The quantitative estimate of drug-likeness (QED) is 0.846. The van der Waals surface area contributed by atoms with E-state index in [9.17, 15) is 4.79 Å². The SMILES string of the molecule is Cc1[nH]ncc1C(=O)N1CCN(C)c2ccccc21. The molecule has 0 aliphatic carbocycles. The van der Waals surface area contributed by atoms with E-state index in [-0.39, 0.29) is 5.91 Å². The van der Waals surface area contributed by atoms with Crippen LogP contribution in [0.2, 0.25) is 0 Å². The number of hydrogen-bond acceptors (Lipinski definition) is 3. The molecular formula is C14H16N4O. The van der Waals surface area contributed by atoms with Crippen LogP contribution in [0.5, 0.6) is 0 Å². The summed E-state index contributed by atoms with van der Waals surface area (Å²) in [6.45, 7) is 3.39. The molecule has 1 amide bonds. The molecule has 5 heteroatoms. The maximum absolute atomic E-state index is 12.6. The summed E-state index contributed by atoms with van der Waals surface area (Å²) in [5.41, 5.74) is 3.49. The molecule has 1 aromatic heterocycles. The lowest BCUT2D eigenvalue weighted by atomic mass is 10.1. The van der Waals surface area contributed by atoms with Crippen molar-refractivity contribution in [1.82, 2.24) is 10.2 Å². The predicted molar refractivity (Wildman–Crippen MR) is 74.7 cm³/mol. The van der Waals surface area contributed by atoms with Crippen LogP contribution in [0.25, 0.3) is 0 Å². The van der Waals surface area contributed by atoms with Gasteiger partial charge in [0.05, 0.1) is 23.1 Å². The van der Waals surface area contributed by atoms with Crippen LogP contribution in [0.4, 0.5) is 11.4 Å². The van der Waals surface area contributed by atoms with Gasteiger partial charge in [-0.25, -0.2) is 0 Å². The summed E-state index contributed by atoms with van der Waals surface area (Å²) < 4.78 is 0. The maximum atomic E-state index is 12.6. The molecule has 1 aromatic carbocycles. The molecule has 0 radical (unpaired) electrons. The highest BCUT2D eigenvalue weighted by Gasteiger charge is 2.26. The van der Waals surface area contributed by atoms with Gasteiger partial charge in [0.2, 0.25) is 0 Å². The van der Waals surface area contributed by atoms with E-state index in [1.54, 1.807) is 6.20 Å². The Labute approximate surface area is 111 Å². The van der Waals surface area contributed by atoms with Gasteiger partial charge in [-0.15, -0.1) is 0 Å². The normalized spacial score (nSPS) is 14.4. The minimum atomic E-state index is 0.00630. The zero-order valence-corrected chi connectivity index (χ0v) is 11.1. The summed E-state index contributed by atoms with van der Waals surface area (Å²) in [5.74, 6) is 0.00630. The monoisotopic (exact) mass is 256 g/mol. The number of likely N-dealkylation sites (N-methyl/N-ethyl adjacent to an activating group) is 1. The number of aromatic amines is 1. The van der Waals surface area contributed by atoms with Gasteiger partial charge in [-0.05, 0) is 19.1 Å². The second-order valence-electron chi connectivity index (χ2n) is 4.78. The molecule has 2 heterocycles. The molecule has 0 atom stereocenters. The average Bonchev–Trinajstić information content (AvgIpc) is 2.85. The molecule has 0 saturated heterocycles. The number of nitrogens with one attached hydrogen (secondary N) is 1. The fourth-order valence-electron chi connectivity index (χ4n) is 2.43. The Morgan fingerprint density at radius 3 is 2.68 bits per heavy atom. The Hall–Kier alpha value is -2.30. The van der Waals surface area contributed by atoms with Crippen LogP contribution < -0.4 is 9.80 Å². The number of nitrogens with zero attached hydrogens (tertiary/aromatic N) is 3. The van der Waals surface area contributed by atoms with E-state index < -0.39 is 0 Å². The van der Waals surface area contributed by atoms with Crippen LogP contribution in [0.1, 0.15) is 16.1 Å². The Balaban J connectivity index is 2.01. The van der Waals surface area contributed by atoms with Crippen molar-refractivity contribution in [1.29, 1.82) is 0 Å². The molecule has 3 rings (SSSR count). The largest absolute Gasteiger partial charge is 0.371 e. The van der Waals surface area contributed by atoms with Crippen LogP contribution >= 0.6 is 0 Å². The third-order valence-electron chi connectivity index (χ3n) is 3.55. The Kier molecular flexibility index (Phi) is 2.74. The molecule has 2 aromatic rings. The lowest BCUT2D eigenvalue weighted by Crippen LogP contribution is -2.42. The van der Waals surface area contributed by atoms with Gasteiger partial charge >= 0.3 is 0 Å². The highest BCUT2D eigenvalue weighted by molar-refractivity contribution is 6.08. The summed E-state index contributed by atoms with van der Waals surface area (Å²) in [7, 11) is 2.05. The standard InChI is InChI=1S/C14H16N4O/c1-10-11(9-15-16-10)14(19)18-8-7-17(2)12-5-3-4-6-13(12)18/h3-6,9H,7-8H2,1-2H3,(H,15,16). The van der Waals surface area contributed by atoms with E-state index in [1.807, 2.05) is 43.1 Å². The van der Waals surface area contributed by atoms with Gasteiger partial charge in [-0.3, -0.25) is 9.89 Å². The van der Waals surface area contributed by atoms with E-state index in [4.69, 9.17) is 0 Å². The average molecular weight is 256 g/mol. The molecule has 19 heavy (non-hydrogen) atoms. The maximum Gasteiger partial charge on any atom is 0.261 e. The first-order valence-corrected chi connectivity index (χ1v) is 6.30. The summed E-state index contributed by atoms with van der Waals surface area (Å²) in [6.07, 6.45) is 1.60. The molecule has 0 bridgehead atoms. The topological polar surface area (TPSA) is 52.2 Å². The van der Waals surface area contributed by atoms with Crippen molar-refractivity contribution in [3.8, 4) is 0 Å². The number of aryl methyl sites for hydroxylation is 1. The number of fused-ring (bicyclic) bond motifs is 1. The first kappa shape index (κ1) is 11.8. The zero-order valence-electron chi connectivity index (χ0n) is 11.1. The highest BCUT2D eigenvalue weighted by atomic mass is 16.2. The molecule has 1 N–H and O–H groups in total. The first-order chi connectivity index (χ1) is 9.18. The summed E-state index contributed by atoms with van der Waals surface area (Å²) in [4.78, 5) is 16.6. The van der Waals surface area contributed by atoms with Crippen molar-refractivity contribution in [2.24, 2.45) is 0 Å². The van der Waals surface area contributed by atoms with Crippen LogP contribution in [0, 0.1) is 6.92 Å². The Bertz CT molecular complexity index is 619. The van der Waals surface area contributed by atoms with Gasteiger partial charge in [0, 0.05) is 25.8 Å². The van der Waals surface area contributed by atoms with E-state index in [0.29, 0.717) is 12.1 Å². The second kappa shape index (κ2) is 4.42. The minimum absolute atomic E-state index is 0.00630. The fraction of sp³-hybridized carbons (Fsp3) is 0.286. The van der Waals surface area contributed by atoms with Gasteiger partial charge < -0.3 is 9.80 Å². The molecule has 0 saturated carbocycles. The zero-order chi connectivity index (χ0) is 13.4. The summed E-state index contributed by atoms with van der Waals surface area (Å²) in [5, 5.41) is 6.74. The van der Waals surface area contributed by atoms with Crippen molar-refractivity contribution >= 4 is 17.3 Å². The molecule has 5 nitrogen and oxygen atoms in total. The molecule has 1 aliphatic heterocycles. The smallest absolute Gasteiger partial charge is 0.261 e. The Morgan fingerprint density at radius 2 is 2.00 bits per heavy atom. The van der Waals surface area contributed by atoms with Crippen molar-refractivity contribution < 1.29 is 4.79 Å². The van der Waals surface area contributed by atoms with E-state index in [1.165, 1.54) is 0 Å². The third-order valence-corrected chi connectivity index (χ3v) is 3.55. The Morgan fingerprint density at radius 1 is 1.26 bits per heavy atom. The lowest BCUT2D eigenvalue weighted by Gasteiger charge is -2.35. The minimum Gasteiger partial charge on any atom is -0.371 e. The van der Waals surface area contributed by atoms with Crippen LogP contribution in [-0.2, 0) is 0 Å². The van der Waals surface area contributed by atoms with Crippen LogP contribution in [0.3, 0.4) is 0 Å². The summed E-state index contributed by atoms with van der Waals surface area (Å²) in [6, 6.07) is 7.97. The van der Waals surface area contributed by atoms with Crippen LogP contribution in [-0.4, -0.2) is 36.2 Å². The number of hydrogen-bond donors (Lipinski definition) is 1. The highest BCUT2D eigenvalue weighted by Crippen LogP contribution is 2.32. The van der Waals surface area contributed by atoms with Gasteiger partial charge in [-0.1, -0.05) is 12.1 Å². The molecular weight excluding hydrogens is 240 g/mol. The lowest BCUT2D eigenvalue weighted by molar-refractivity contribution is 0.0986. The first-order valence-electron chi connectivity index (χ1n) is 6.30. The number of amides is 1. The molecule has 98 valence electrons. The van der Waals surface area contributed by atoms with Crippen LogP contribution in [0.15, 0.2) is 30.5 Å². The van der Waals surface area contributed by atoms with Gasteiger partial charge in [-0.2, -0.15) is 5.10 Å². The van der Waals surface area contributed by atoms with Crippen molar-refractivity contribution in [3.05, 3.63) is 41.7 Å². The number of H-pyrrole nitrogens is 1. The van der Waals surface area contributed by atoms with Crippen molar-refractivity contribution in [2.45, 2.75) is 6.92 Å². The molecule has 0 fully saturated rings. The number of rotatable bonds is 1. The van der Waals surface area contributed by atoms with E-state index in [2.05, 4.69) is 15.1 Å². The van der Waals surface area contributed by atoms with Gasteiger partial charge in [0.1, 0.15) is 0 Å². The van der Waals surface area contributed by atoms with E-state index >= 15 is 0 Å². The summed E-state index contributed by atoms with van der Waals surface area (Å²) >= 11 is 0. The molecule has 0 unspecified atom stereocenters. The van der Waals surface area contributed by atoms with Crippen molar-refractivity contribution in [3.63, 3.8) is 0 Å². The van der Waals surface area contributed by atoms with Crippen molar-refractivity contribution in [2.75, 3.05) is 29.9 Å². The fourth-order valence-corrected chi connectivity index (χ4v) is 2.43. The number of carbonyl (C=O) groups excluding carboxylic acids is 1. The number of carbonyl (C=O) groups is 1. The van der Waals surface area contributed by atoms with Gasteiger partial charge in [0.25, 0.3) is 5.91 Å². The third kappa shape index (κ3) is 1.87.